The first-order valence-corrected chi connectivity index (χ1v) is 11.0. The molecule has 0 bridgehead atoms. The highest BCUT2D eigenvalue weighted by molar-refractivity contribution is 7.89. The number of hydrogen-bond donors (Lipinski definition) is 1. The molecule has 0 aliphatic carbocycles. The largest absolute Gasteiger partial charge is 0.326 e. The van der Waals surface area contributed by atoms with Gasteiger partial charge in [0.2, 0.25) is 21.7 Å². The number of anilines is 1. The summed E-state index contributed by atoms with van der Waals surface area (Å²) in [5.41, 5.74) is -0.656. The van der Waals surface area contributed by atoms with Crippen LogP contribution in [0.25, 0.3) is 0 Å². The fraction of sp³-hybridized carbons (Fsp3) is 0.278. The maximum Gasteiger partial charge on any atom is 0.306 e. The Morgan fingerprint density at radius 1 is 1.17 bits per heavy atom. The van der Waals surface area contributed by atoms with Crippen LogP contribution in [0.3, 0.4) is 0 Å². The molecule has 12 heteroatoms. The van der Waals surface area contributed by atoms with Crippen molar-refractivity contribution in [1.29, 1.82) is 0 Å². The second kappa shape index (κ2) is 8.84. The lowest BCUT2D eigenvalue weighted by molar-refractivity contribution is -0.387. The summed E-state index contributed by atoms with van der Waals surface area (Å²) in [6.07, 6.45) is 0.465. The number of nitro benzene ring substituents is 1. The van der Waals surface area contributed by atoms with E-state index in [9.17, 15) is 27.7 Å². The molecule has 8 nitrogen and oxygen atoms in total. The van der Waals surface area contributed by atoms with Gasteiger partial charge in [-0.15, -0.1) is 0 Å². The Morgan fingerprint density at radius 3 is 2.33 bits per heavy atom. The quantitative estimate of drug-likeness (QED) is 0.517. The Labute approximate surface area is 181 Å². The van der Waals surface area contributed by atoms with Gasteiger partial charge < -0.3 is 5.32 Å². The average molecular weight is 476 g/mol. The van der Waals surface area contributed by atoms with E-state index >= 15 is 0 Å². The van der Waals surface area contributed by atoms with Crippen LogP contribution >= 0.6 is 23.2 Å². The van der Waals surface area contributed by atoms with Gasteiger partial charge >= 0.3 is 5.69 Å². The van der Waals surface area contributed by atoms with Crippen molar-refractivity contribution in [1.82, 2.24) is 4.31 Å². The van der Waals surface area contributed by atoms with E-state index in [4.69, 9.17) is 23.2 Å². The van der Waals surface area contributed by atoms with Crippen molar-refractivity contribution in [3.63, 3.8) is 0 Å². The van der Waals surface area contributed by atoms with Crippen LogP contribution in [0.5, 0.6) is 0 Å². The lowest BCUT2D eigenvalue weighted by Crippen LogP contribution is -2.41. The molecule has 1 saturated heterocycles. The Hall–Kier alpha value is -2.27. The molecule has 30 heavy (non-hydrogen) atoms. The summed E-state index contributed by atoms with van der Waals surface area (Å²) in [5.74, 6) is -1.94. The van der Waals surface area contributed by atoms with Gasteiger partial charge in [-0.3, -0.25) is 14.9 Å². The highest BCUT2D eigenvalue weighted by Gasteiger charge is 2.34. The maximum atomic E-state index is 13.4. The minimum absolute atomic E-state index is 0.0141. The molecule has 0 unspecified atom stereocenters. The van der Waals surface area contributed by atoms with Gasteiger partial charge in [-0.05, 0) is 37.1 Å². The molecule has 0 saturated carbocycles. The highest BCUT2D eigenvalue weighted by atomic mass is 35.5. The van der Waals surface area contributed by atoms with Crippen molar-refractivity contribution in [2.24, 2.45) is 5.92 Å². The fourth-order valence-corrected chi connectivity index (χ4v) is 5.75. The molecule has 0 radical (unpaired) electrons. The molecule has 3 rings (SSSR count). The van der Waals surface area contributed by atoms with Crippen molar-refractivity contribution >= 4 is 50.5 Å². The molecule has 1 aliphatic heterocycles. The smallest absolute Gasteiger partial charge is 0.306 e. The van der Waals surface area contributed by atoms with E-state index in [-0.39, 0.29) is 46.6 Å². The predicted molar refractivity (Wildman–Crippen MR) is 110 cm³/mol. The van der Waals surface area contributed by atoms with Crippen LogP contribution in [0.15, 0.2) is 41.3 Å². The number of nitrogens with one attached hydrogen (secondary N) is 1. The monoisotopic (exact) mass is 475 g/mol. The van der Waals surface area contributed by atoms with Gasteiger partial charge in [-0.2, -0.15) is 8.70 Å². The second-order valence-corrected chi connectivity index (χ2v) is 9.33. The van der Waals surface area contributed by atoms with E-state index in [1.54, 1.807) is 6.07 Å². The summed E-state index contributed by atoms with van der Waals surface area (Å²) in [7, 11) is -3.93. The molecule has 0 atom stereocenters. The third-order valence-corrected chi connectivity index (χ3v) is 7.61. The molecule has 1 heterocycles. The van der Waals surface area contributed by atoms with Gasteiger partial charge in [0.15, 0.2) is 0 Å². The van der Waals surface area contributed by atoms with Gasteiger partial charge in [0.25, 0.3) is 0 Å². The van der Waals surface area contributed by atoms with Crippen molar-refractivity contribution < 1.29 is 22.5 Å². The van der Waals surface area contributed by atoms with Gasteiger partial charge in [0.05, 0.1) is 15.0 Å². The minimum Gasteiger partial charge on any atom is -0.326 e. The van der Waals surface area contributed by atoms with Crippen molar-refractivity contribution in [3.8, 4) is 0 Å². The normalized spacial score (nSPS) is 15.7. The van der Waals surface area contributed by atoms with Gasteiger partial charge in [-0.25, -0.2) is 8.42 Å². The number of carbonyl (C=O) groups is 1. The van der Waals surface area contributed by atoms with E-state index in [1.807, 2.05) is 0 Å². The maximum absolute atomic E-state index is 13.4. The number of halogens is 3. The Bertz CT molecular complexity index is 1080. The molecular weight excluding hydrogens is 460 g/mol. The molecule has 2 aromatic rings. The molecule has 1 N–H and O–H groups in total. The van der Waals surface area contributed by atoms with Gasteiger partial charge in [-0.1, -0.05) is 29.3 Å². The first-order chi connectivity index (χ1) is 14.1. The zero-order valence-electron chi connectivity index (χ0n) is 15.3. The zero-order valence-corrected chi connectivity index (χ0v) is 17.7. The molecular formula is C18H16Cl2FN3O5S. The number of nitrogens with zero attached hydrogens (tertiary/aromatic N) is 2. The molecule has 0 aromatic heterocycles. The number of amides is 1. The highest BCUT2D eigenvalue weighted by Crippen LogP contribution is 2.33. The number of rotatable bonds is 5. The van der Waals surface area contributed by atoms with E-state index in [0.29, 0.717) is 0 Å². The van der Waals surface area contributed by atoms with Crippen LogP contribution in [-0.4, -0.2) is 36.6 Å². The summed E-state index contributed by atoms with van der Waals surface area (Å²) >= 11 is 12.0. The van der Waals surface area contributed by atoms with E-state index in [1.165, 1.54) is 22.5 Å². The van der Waals surface area contributed by atoms with Crippen LogP contribution in [0, 0.1) is 21.8 Å². The fourth-order valence-electron chi connectivity index (χ4n) is 3.19. The van der Waals surface area contributed by atoms with Crippen molar-refractivity contribution in [2.75, 3.05) is 18.4 Å². The van der Waals surface area contributed by atoms with Crippen LogP contribution in [-0.2, 0) is 14.8 Å². The predicted octanol–water partition coefficient (Wildman–Crippen LogP) is 4.08. The van der Waals surface area contributed by atoms with Crippen LogP contribution in [0.1, 0.15) is 12.8 Å². The molecule has 1 amide bonds. The Morgan fingerprint density at radius 2 is 1.77 bits per heavy atom. The molecule has 0 spiro atoms. The van der Waals surface area contributed by atoms with E-state index in [0.717, 1.165) is 12.1 Å². The number of sulfonamides is 1. The third kappa shape index (κ3) is 4.56. The molecule has 160 valence electrons. The number of hydrogen-bond acceptors (Lipinski definition) is 5. The summed E-state index contributed by atoms with van der Waals surface area (Å²) < 4.78 is 40.4. The molecule has 1 fully saturated rings. The summed E-state index contributed by atoms with van der Waals surface area (Å²) in [5, 5.41) is 13.4. The SMILES string of the molecule is O=C(Nc1ccc(F)c([N+](=O)[O-])c1)C1CCN(S(=O)(=O)c2c(Cl)cccc2Cl)CC1. The standard InChI is InChI=1S/C18H16Cl2FN3O5S/c19-13-2-1-3-14(20)17(13)30(28,29)23-8-6-11(7-9-23)18(25)22-12-4-5-15(21)16(10-12)24(26)27/h1-5,10-11H,6-9H2,(H,22,25). The first-order valence-electron chi connectivity index (χ1n) is 8.80. The zero-order chi connectivity index (χ0) is 22.1. The molecule has 1 aliphatic rings. The second-order valence-electron chi connectivity index (χ2n) is 6.64. The number of piperidine rings is 1. The van der Waals surface area contributed by atoms with Gasteiger partial charge in [0.1, 0.15) is 4.90 Å². The van der Waals surface area contributed by atoms with E-state index in [2.05, 4.69) is 5.32 Å². The van der Waals surface area contributed by atoms with Crippen LogP contribution in [0.2, 0.25) is 10.0 Å². The Kier molecular flexibility index (Phi) is 6.61. The summed E-state index contributed by atoms with van der Waals surface area (Å²) in [4.78, 5) is 22.3. The van der Waals surface area contributed by atoms with Crippen LogP contribution in [0.4, 0.5) is 15.8 Å². The topological polar surface area (TPSA) is 110 Å². The lowest BCUT2D eigenvalue weighted by Gasteiger charge is -2.31. The average Bonchev–Trinajstić information content (AvgIpc) is 2.69. The lowest BCUT2D eigenvalue weighted by atomic mass is 9.97. The van der Waals surface area contributed by atoms with Crippen molar-refractivity contribution in [3.05, 3.63) is 62.4 Å². The summed E-state index contributed by atoms with van der Waals surface area (Å²) in [6.45, 7) is 0.150. The van der Waals surface area contributed by atoms with Crippen LogP contribution < -0.4 is 5.32 Å². The number of carbonyl (C=O) groups excluding carboxylic acids is 1. The number of benzene rings is 2. The third-order valence-electron chi connectivity index (χ3n) is 4.75. The van der Waals surface area contributed by atoms with Gasteiger partial charge in [0, 0.05) is 30.8 Å². The van der Waals surface area contributed by atoms with E-state index < -0.39 is 38.3 Å². The number of nitro groups is 1. The Balaban J connectivity index is 1.68. The molecule has 2 aromatic carbocycles. The first kappa shape index (κ1) is 22.4. The van der Waals surface area contributed by atoms with Crippen molar-refractivity contribution in [2.45, 2.75) is 17.7 Å². The minimum atomic E-state index is -3.93. The summed E-state index contributed by atoms with van der Waals surface area (Å²) in [6, 6.07) is 7.46.